The van der Waals surface area contributed by atoms with Crippen LogP contribution < -0.4 is 15.4 Å². The monoisotopic (exact) mass is 276 g/mol. The molecule has 4 nitrogen and oxygen atoms in total. The fourth-order valence-corrected chi connectivity index (χ4v) is 2.24. The molecular formula is C16H24N2O2. The van der Waals surface area contributed by atoms with Crippen LogP contribution in [0.2, 0.25) is 0 Å². The molecule has 4 heteroatoms. The van der Waals surface area contributed by atoms with E-state index in [1.54, 1.807) is 0 Å². The summed E-state index contributed by atoms with van der Waals surface area (Å²) < 4.78 is 5.62. The van der Waals surface area contributed by atoms with Crippen molar-refractivity contribution in [3.8, 4) is 5.75 Å². The van der Waals surface area contributed by atoms with Crippen molar-refractivity contribution in [2.45, 2.75) is 39.3 Å². The Labute approximate surface area is 120 Å². The van der Waals surface area contributed by atoms with Crippen molar-refractivity contribution in [1.82, 2.24) is 10.6 Å². The Morgan fingerprint density at radius 1 is 1.35 bits per heavy atom. The van der Waals surface area contributed by atoms with Crippen LogP contribution in [0.1, 0.15) is 38.8 Å². The van der Waals surface area contributed by atoms with Crippen LogP contribution >= 0.6 is 0 Å². The first-order valence-corrected chi connectivity index (χ1v) is 7.32. The number of benzene rings is 1. The Kier molecular flexibility index (Phi) is 5.01. The molecule has 0 aliphatic carbocycles. The molecule has 1 aromatic rings. The Morgan fingerprint density at radius 3 is 2.85 bits per heavy atom. The zero-order valence-electron chi connectivity index (χ0n) is 12.5. The SMILES string of the molecule is CC(C)C(C)NC(=O)CNC1CCOc2ccccc21. The number of rotatable bonds is 5. The van der Waals surface area contributed by atoms with Crippen molar-refractivity contribution in [1.29, 1.82) is 0 Å². The van der Waals surface area contributed by atoms with Gasteiger partial charge >= 0.3 is 0 Å². The standard InChI is InChI=1S/C16H24N2O2/c1-11(2)12(3)18-16(19)10-17-14-8-9-20-15-7-5-4-6-13(14)15/h4-7,11-12,14,17H,8-10H2,1-3H3,(H,18,19). The summed E-state index contributed by atoms with van der Waals surface area (Å²) in [4.78, 5) is 11.9. The maximum absolute atomic E-state index is 11.9. The minimum absolute atomic E-state index is 0.0511. The van der Waals surface area contributed by atoms with Crippen molar-refractivity contribution in [3.05, 3.63) is 29.8 Å². The van der Waals surface area contributed by atoms with Crippen LogP contribution in [0.15, 0.2) is 24.3 Å². The highest BCUT2D eigenvalue weighted by atomic mass is 16.5. The van der Waals surface area contributed by atoms with E-state index in [4.69, 9.17) is 4.74 Å². The lowest BCUT2D eigenvalue weighted by molar-refractivity contribution is -0.121. The molecule has 0 radical (unpaired) electrons. The van der Waals surface area contributed by atoms with Gasteiger partial charge in [0.15, 0.2) is 0 Å². The number of carbonyl (C=O) groups is 1. The molecule has 1 aromatic carbocycles. The number of hydrogen-bond donors (Lipinski definition) is 2. The minimum Gasteiger partial charge on any atom is -0.493 e. The number of para-hydroxylation sites is 1. The molecule has 1 amide bonds. The molecule has 2 N–H and O–H groups in total. The number of amides is 1. The van der Waals surface area contributed by atoms with E-state index in [0.717, 1.165) is 17.7 Å². The summed E-state index contributed by atoms with van der Waals surface area (Å²) in [5.41, 5.74) is 1.14. The maximum Gasteiger partial charge on any atom is 0.234 e. The molecule has 2 unspecified atom stereocenters. The zero-order valence-corrected chi connectivity index (χ0v) is 12.5. The second-order valence-corrected chi connectivity index (χ2v) is 5.71. The van der Waals surface area contributed by atoms with Gasteiger partial charge in [-0.05, 0) is 18.9 Å². The van der Waals surface area contributed by atoms with Crippen LogP contribution in [-0.2, 0) is 4.79 Å². The number of hydrogen-bond acceptors (Lipinski definition) is 3. The molecular weight excluding hydrogens is 252 g/mol. The van der Waals surface area contributed by atoms with Gasteiger partial charge in [-0.25, -0.2) is 0 Å². The molecule has 0 spiro atoms. The molecule has 0 aromatic heterocycles. The Balaban J connectivity index is 1.88. The van der Waals surface area contributed by atoms with Gasteiger partial charge in [0.05, 0.1) is 13.2 Å². The van der Waals surface area contributed by atoms with Gasteiger partial charge in [0.25, 0.3) is 0 Å². The number of carbonyl (C=O) groups excluding carboxylic acids is 1. The van der Waals surface area contributed by atoms with Gasteiger partial charge in [-0.1, -0.05) is 32.0 Å². The third-order valence-corrected chi connectivity index (χ3v) is 3.86. The number of fused-ring (bicyclic) bond motifs is 1. The van der Waals surface area contributed by atoms with E-state index in [0.29, 0.717) is 19.1 Å². The average molecular weight is 276 g/mol. The third-order valence-electron chi connectivity index (χ3n) is 3.86. The Bertz CT molecular complexity index is 460. The predicted molar refractivity (Wildman–Crippen MR) is 79.7 cm³/mol. The summed E-state index contributed by atoms with van der Waals surface area (Å²) in [5, 5.41) is 6.34. The van der Waals surface area contributed by atoms with Gasteiger partial charge in [0, 0.05) is 24.1 Å². The van der Waals surface area contributed by atoms with E-state index < -0.39 is 0 Å². The highest BCUT2D eigenvalue weighted by Gasteiger charge is 2.21. The van der Waals surface area contributed by atoms with Gasteiger partial charge in [0.1, 0.15) is 5.75 Å². The molecule has 2 rings (SSSR count). The van der Waals surface area contributed by atoms with Crippen molar-refractivity contribution >= 4 is 5.91 Å². The summed E-state index contributed by atoms with van der Waals surface area (Å²) >= 11 is 0. The molecule has 0 bridgehead atoms. The highest BCUT2D eigenvalue weighted by Crippen LogP contribution is 2.31. The van der Waals surface area contributed by atoms with E-state index in [9.17, 15) is 4.79 Å². The van der Waals surface area contributed by atoms with Crippen LogP contribution in [-0.4, -0.2) is 25.1 Å². The number of nitrogens with one attached hydrogen (secondary N) is 2. The minimum atomic E-state index is 0.0511. The molecule has 1 aliphatic heterocycles. The molecule has 1 aliphatic rings. The number of ether oxygens (including phenoxy) is 1. The summed E-state index contributed by atoms with van der Waals surface area (Å²) in [7, 11) is 0. The van der Waals surface area contributed by atoms with Crippen LogP contribution in [0.5, 0.6) is 5.75 Å². The third kappa shape index (κ3) is 3.73. The lowest BCUT2D eigenvalue weighted by Gasteiger charge is -2.27. The van der Waals surface area contributed by atoms with Gasteiger partial charge in [0.2, 0.25) is 5.91 Å². The molecule has 0 saturated carbocycles. The first-order valence-electron chi connectivity index (χ1n) is 7.32. The highest BCUT2D eigenvalue weighted by molar-refractivity contribution is 5.78. The smallest absolute Gasteiger partial charge is 0.234 e. The van der Waals surface area contributed by atoms with Crippen molar-refractivity contribution in [2.75, 3.05) is 13.2 Å². The van der Waals surface area contributed by atoms with Gasteiger partial charge in [-0.15, -0.1) is 0 Å². The Morgan fingerprint density at radius 2 is 2.10 bits per heavy atom. The second-order valence-electron chi connectivity index (χ2n) is 5.71. The van der Waals surface area contributed by atoms with E-state index in [1.165, 1.54) is 0 Å². The van der Waals surface area contributed by atoms with Crippen molar-refractivity contribution < 1.29 is 9.53 Å². The lowest BCUT2D eigenvalue weighted by Crippen LogP contribution is -2.42. The molecule has 0 saturated heterocycles. The van der Waals surface area contributed by atoms with Crippen molar-refractivity contribution in [3.63, 3.8) is 0 Å². The summed E-state index contributed by atoms with van der Waals surface area (Å²) in [5.74, 6) is 1.42. The van der Waals surface area contributed by atoms with Crippen LogP contribution in [0.3, 0.4) is 0 Å². The fourth-order valence-electron chi connectivity index (χ4n) is 2.24. The Hall–Kier alpha value is -1.55. The van der Waals surface area contributed by atoms with E-state index in [2.05, 4.69) is 30.5 Å². The second kappa shape index (κ2) is 6.75. The average Bonchev–Trinajstić information content (AvgIpc) is 2.44. The molecule has 2 atom stereocenters. The largest absolute Gasteiger partial charge is 0.493 e. The van der Waals surface area contributed by atoms with Gasteiger partial charge in [-0.2, -0.15) is 0 Å². The maximum atomic E-state index is 11.9. The van der Waals surface area contributed by atoms with Crippen LogP contribution in [0.4, 0.5) is 0 Å². The molecule has 110 valence electrons. The van der Waals surface area contributed by atoms with E-state index in [-0.39, 0.29) is 18.0 Å². The summed E-state index contributed by atoms with van der Waals surface area (Å²) in [6.07, 6.45) is 0.893. The van der Waals surface area contributed by atoms with E-state index in [1.807, 2.05) is 25.1 Å². The van der Waals surface area contributed by atoms with E-state index >= 15 is 0 Å². The fraction of sp³-hybridized carbons (Fsp3) is 0.562. The zero-order chi connectivity index (χ0) is 14.5. The van der Waals surface area contributed by atoms with Gasteiger partial charge < -0.3 is 15.4 Å². The molecule has 1 heterocycles. The van der Waals surface area contributed by atoms with Crippen LogP contribution in [0.25, 0.3) is 0 Å². The van der Waals surface area contributed by atoms with Gasteiger partial charge in [-0.3, -0.25) is 4.79 Å². The quantitative estimate of drug-likeness (QED) is 0.867. The molecule has 0 fully saturated rings. The normalized spacial score (nSPS) is 19.1. The summed E-state index contributed by atoms with van der Waals surface area (Å²) in [6, 6.07) is 8.40. The first kappa shape index (κ1) is 14.9. The predicted octanol–water partition coefficient (Wildman–Crippen LogP) is 2.26. The van der Waals surface area contributed by atoms with Crippen molar-refractivity contribution in [2.24, 2.45) is 5.92 Å². The summed E-state index contributed by atoms with van der Waals surface area (Å²) in [6.45, 7) is 7.28. The van der Waals surface area contributed by atoms with Crippen LogP contribution in [0, 0.1) is 5.92 Å². The molecule has 20 heavy (non-hydrogen) atoms. The first-order chi connectivity index (χ1) is 9.58. The topological polar surface area (TPSA) is 50.4 Å². The lowest BCUT2D eigenvalue weighted by atomic mass is 10.0.